The first kappa shape index (κ1) is 15.7. The second-order valence-corrected chi connectivity index (χ2v) is 7.78. The largest absolute Gasteiger partial charge is 0.334 e. The highest BCUT2D eigenvalue weighted by atomic mass is 32.2. The van der Waals surface area contributed by atoms with Crippen LogP contribution in [0.15, 0.2) is 29.3 Å². The van der Waals surface area contributed by atoms with E-state index in [-0.39, 0.29) is 10.8 Å². The average Bonchev–Trinajstić information content (AvgIpc) is 3.00. The van der Waals surface area contributed by atoms with E-state index in [1.54, 1.807) is 23.2 Å². The molecule has 7 heteroatoms. The van der Waals surface area contributed by atoms with E-state index in [2.05, 4.69) is 10.2 Å². The maximum absolute atomic E-state index is 12.7. The van der Waals surface area contributed by atoms with E-state index >= 15 is 0 Å². The predicted molar refractivity (Wildman–Crippen MR) is 86.0 cm³/mol. The van der Waals surface area contributed by atoms with Gasteiger partial charge < -0.3 is 4.90 Å². The SMILES string of the molecule is CCc1ccc(C(=O)N2CCc3[nH]ncc3C2)cc1S(C)(=O)=O. The second kappa shape index (κ2) is 5.81. The molecular weight excluding hydrogens is 314 g/mol. The Hall–Kier alpha value is -2.15. The molecule has 0 spiro atoms. The number of sulfone groups is 1. The molecule has 1 aliphatic heterocycles. The zero-order chi connectivity index (χ0) is 16.6. The number of carbonyl (C=O) groups is 1. The van der Waals surface area contributed by atoms with Gasteiger partial charge in [0.1, 0.15) is 0 Å². The van der Waals surface area contributed by atoms with E-state index < -0.39 is 9.84 Å². The Labute approximate surface area is 135 Å². The van der Waals surface area contributed by atoms with Gasteiger partial charge in [-0.15, -0.1) is 0 Å². The van der Waals surface area contributed by atoms with Crippen molar-refractivity contribution in [3.63, 3.8) is 0 Å². The third-order valence-electron chi connectivity index (χ3n) is 4.18. The molecule has 0 saturated carbocycles. The van der Waals surface area contributed by atoms with Gasteiger partial charge in [0, 0.05) is 42.6 Å². The van der Waals surface area contributed by atoms with Gasteiger partial charge >= 0.3 is 0 Å². The van der Waals surface area contributed by atoms with Crippen LogP contribution in [0.3, 0.4) is 0 Å². The van der Waals surface area contributed by atoms with Gasteiger partial charge in [-0.05, 0) is 24.1 Å². The lowest BCUT2D eigenvalue weighted by molar-refractivity contribution is 0.0734. The third-order valence-corrected chi connectivity index (χ3v) is 5.36. The lowest BCUT2D eigenvalue weighted by atomic mass is 10.1. The summed E-state index contributed by atoms with van der Waals surface area (Å²) in [6, 6.07) is 4.94. The maximum Gasteiger partial charge on any atom is 0.254 e. The number of aryl methyl sites for hydroxylation is 1. The molecule has 1 N–H and O–H groups in total. The standard InChI is InChI=1S/C16H19N3O3S/c1-3-11-4-5-12(8-15(11)23(2,21)22)16(20)19-7-6-14-13(10-19)9-17-18-14/h4-5,8-9H,3,6-7,10H2,1-2H3,(H,17,18). The summed E-state index contributed by atoms with van der Waals surface area (Å²) in [5, 5.41) is 6.93. The molecule has 23 heavy (non-hydrogen) atoms. The lowest BCUT2D eigenvalue weighted by Gasteiger charge is -2.26. The first-order chi connectivity index (χ1) is 10.9. The van der Waals surface area contributed by atoms with Gasteiger partial charge in [0.05, 0.1) is 11.1 Å². The molecule has 1 amide bonds. The van der Waals surface area contributed by atoms with Crippen molar-refractivity contribution in [3.05, 3.63) is 46.8 Å². The van der Waals surface area contributed by atoms with Gasteiger partial charge in [0.25, 0.3) is 5.91 Å². The first-order valence-corrected chi connectivity index (χ1v) is 9.42. The molecule has 1 aromatic carbocycles. The van der Waals surface area contributed by atoms with Gasteiger partial charge in [-0.3, -0.25) is 9.89 Å². The van der Waals surface area contributed by atoms with Crippen molar-refractivity contribution in [2.45, 2.75) is 31.2 Å². The van der Waals surface area contributed by atoms with E-state index in [0.29, 0.717) is 25.1 Å². The van der Waals surface area contributed by atoms with Crippen LogP contribution in [0.5, 0.6) is 0 Å². The van der Waals surface area contributed by atoms with Gasteiger partial charge in [-0.25, -0.2) is 8.42 Å². The van der Waals surface area contributed by atoms with Crippen molar-refractivity contribution >= 4 is 15.7 Å². The van der Waals surface area contributed by atoms with E-state index in [1.165, 1.54) is 12.3 Å². The summed E-state index contributed by atoms with van der Waals surface area (Å²) in [6.07, 6.45) is 4.25. The Kier molecular flexibility index (Phi) is 3.97. The number of amides is 1. The van der Waals surface area contributed by atoms with Crippen LogP contribution in [-0.4, -0.2) is 42.2 Å². The molecule has 3 rings (SSSR count). The number of nitrogens with zero attached hydrogens (tertiary/aromatic N) is 2. The number of carbonyl (C=O) groups excluding carboxylic acids is 1. The van der Waals surface area contributed by atoms with Gasteiger partial charge in [-0.1, -0.05) is 13.0 Å². The Morgan fingerprint density at radius 1 is 1.39 bits per heavy atom. The van der Waals surface area contributed by atoms with Crippen LogP contribution >= 0.6 is 0 Å². The highest BCUT2D eigenvalue weighted by molar-refractivity contribution is 7.90. The number of nitrogens with one attached hydrogen (secondary N) is 1. The number of benzene rings is 1. The van der Waals surface area contributed by atoms with Crippen LogP contribution in [0.4, 0.5) is 0 Å². The highest BCUT2D eigenvalue weighted by Crippen LogP contribution is 2.22. The number of rotatable bonds is 3. The molecule has 0 unspecified atom stereocenters. The summed E-state index contributed by atoms with van der Waals surface area (Å²) in [5.74, 6) is -0.149. The average molecular weight is 333 g/mol. The van der Waals surface area contributed by atoms with Crippen molar-refractivity contribution < 1.29 is 13.2 Å². The van der Waals surface area contributed by atoms with E-state index in [4.69, 9.17) is 0 Å². The predicted octanol–water partition coefficient (Wildman–Crippen LogP) is 1.57. The third kappa shape index (κ3) is 3.01. The summed E-state index contributed by atoms with van der Waals surface area (Å²) in [5.41, 5.74) is 3.22. The van der Waals surface area contributed by atoms with E-state index in [9.17, 15) is 13.2 Å². The highest BCUT2D eigenvalue weighted by Gasteiger charge is 2.24. The monoisotopic (exact) mass is 333 g/mol. The number of H-pyrrole nitrogens is 1. The number of hydrogen-bond donors (Lipinski definition) is 1. The molecular formula is C16H19N3O3S. The molecule has 0 radical (unpaired) electrons. The summed E-state index contributed by atoms with van der Waals surface area (Å²) < 4.78 is 23.9. The minimum Gasteiger partial charge on any atom is -0.334 e. The number of fused-ring (bicyclic) bond motifs is 1. The quantitative estimate of drug-likeness (QED) is 0.924. The van der Waals surface area contributed by atoms with E-state index in [1.807, 2.05) is 6.92 Å². The molecule has 2 heterocycles. The lowest BCUT2D eigenvalue weighted by Crippen LogP contribution is -2.35. The molecule has 122 valence electrons. The number of hydrogen-bond acceptors (Lipinski definition) is 4. The Morgan fingerprint density at radius 2 is 2.17 bits per heavy atom. The zero-order valence-electron chi connectivity index (χ0n) is 13.2. The minimum atomic E-state index is -3.36. The number of aromatic amines is 1. The first-order valence-electron chi connectivity index (χ1n) is 7.53. The van der Waals surface area contributed by atoms with Crippen molar-refractivity contribution in [1.82, 2.24) is 15.1 Å². The van der Waals surface area contributed by atoms with Crippen LogP contribution < -0.4 is 0 Å². The second-order valence-electron chi connectivity index (χ2n) is 5.80. The Morgan fingerprint density at radius 3 is 2.87 bits per heavy atom. The van der Waals surface area contributed by atoms with Crippen LogP contribution in [-0.2, 0) is 29.2 Å². The molecule has 0 atom stereocenters. The van der Waals surface area contributed by atoms with Crippen molar-refractivity contribution in [1.29, 1.82) is 0 Å². The topological polar surface area (TPSA) is 83.1 Å². The van der Waals surface area contributed by atoms with Crippen LogP contribution in [0.25, 0.3) is 0 Å². The molecule has 0 saturated heterocycles. The van der Waals surface area contributed by atoms with Crippen molar-refractivity contribution in [2.75, 3.05) is 12.8 Å². The number of aromatic nitrogens is 2. The van der Waals surface area contributed by atoms with Crippen LogP contribution in [0.1, 0.15) is 34.1 Å². The molecule has 1 aromatic heterocycles. The zero-order valence-corrected chi connectivity index (χ0v) is 14.0. The van der Waals surface area contributed by atoms with Gasteiger partial charge in [0.15, 0.2) is 9.84 Å². The fraction of sp³-hybridized carbons (Fsp3) is 0.375. The van der Waals surface area contributed by atoms with Crippen LogP contribution in [0.2, 0.25) is 0 Å². The van der Waals surface area contributed by atoms with Crippen molar-refractivity contribution in [2.24, 2.45) is 0 Å². The van der Waals surface area contributed by atoms with Gasteiger partial charge in [-0.2, -0.15) is 5.10 Å². The maximum atomic E-state index is 12.7. The molecule has 0 aliphatic carbocycles. The van der Waals surface area contributed by atoms with Gasteiger partial charge in [0.2, 0.25) is 0 Å². The summed E-state index contributed by atoms with van der Waals surface area (Å²) >= 11 is 0. The molecule has 0 bridgehead atoms. The summed E-state index contributed by atoms with van der Waals surface area (Å²) in [6.45, 7) is 2.99. The smallest absolute Gasteiger partial charge is 0.254 e. The molecule has 0 fully saturated rings. The summed E-state index contributed by atoms with van der Waals surface area (Å²) in [7, 11) is -3.36. The van der Waals surface area contributed by atoms with Crippen LogP contribution in [0, 0.1) is 0 Å². The fourth-order valence-corrected chi connectivity index (χ4v) is 3.93. The van der Waals surface area contributed by atoms with Crippen molar-refractivity contribution in [3.8, 4) is 0 Å². The normalized spacial score (nSPS) is 14.6. The molecule has 2 aromatic rings. The minimum absolute atomic E-state index is 0.149. The fourth-order valence-electron chi connectivity index (χ4n) is 2.90. The Bertz CT molecular complexity index is 855. The molecule has 1 aliphatic rings. The molecule has 6 nitrogen and oxygen atoms in total. The van der Waals surface area contributed by atoms with E-state index in [0.717, 1.165) is 23.2 Å². The summed E-state index contributed by atoms with van der Waals surface area (Å²) in [4.78, 5) is 14.7. The Balaban J connectivity index is 1.92.